The van der Waals surface area contributed by atoms with Crippen LogP contribution < -0.4 is 5.32 Å². The predicted molar refractivity (Wildman–Crippen MR) is 62.3 cm³/mol. The van der Waals surface area contributed by atoms with Crippen LogP contribution in [0, 0.1) is 0 Å². The molecule has 3 nitrogen and oxygen atoms in total. The van der Waals surface area contributed by atoms with Crippen molar-refractivity contribution in [2.75, 3.05) is 6.54 Å². The van der Waals surface area contributed by atoms with E-state index in [1.807, 2.05) is 0 Å². The summed E-state index contributed by atoms with van der Waals surface area (Å²) in [6.07, 6.45) is 10.1. The summed E-state index contributed by atoms with van der Waals surface area (Å²) in [5.74, 6) is 0. The zero-order valence-electron chi connectivity index (χ0n) is 9.95. The van der Waals surface area contributed by atoms with Gasteiger partial charge in [-0.15, -0.1) is 0 Å². The SMILES string of the molecule is OC1(CNC2CC3CCC2O3)CCCCC1. The Morgan fingerprint density at radius 2 is 2.00 bits per heavy atom. The van der Waals surface area contributed by atoms with Crippen LogP contribution in [-0.2, 0) is 4.74 Å². The molecule has 0 aromatic carbocycles. The highest BCUT2D eigenvalue weighted by Gasteiger charge is 2.41. The lowest BCUT2D eigenvalue weighted by Crippen LogP contribution is -2.48. The molecule has 3 atom stereocenters. The van der Waals surface area contributed by atoms with Crippen LogP contribution in [0.15, 0.2) is 0 Å². The average molecular weight is 225 g/mol. The van der Waals surface area contributed by atoms with Crippen LogP contribution in [0.25, 0.3) is 0 Å². The van der Waals surface area contributed by atoms with Gasteiger partial charge >= 0.3 is 0 Å². The molecule has 3 unspecified atom stereocenters. The van der Waals surface area contributed by atoms with Crippen molar-refractivity contribution >= 4 is 0 Å². The zero-order chi connectivity index (χ0) is 11.0. The topological polar surface area (TPSA) is 41.5 Å². The molecule has 3 aliphatic rings. The lowest BCUT2D eigenvalue weighted by molar-refractivity contribution is 0.000344. The maximum atomic E-state index is 10.4. The van der Waals surface area contributed by atoms with E-state index in [9.17, 15) is 5.11 Å². The molecule has 0 aromatic heterocycles. The van der Waals surface area contributed by atoms with Crippen molar-refractivity contribution in [2.45, 2.75) is 75.2 Å². The molecular formula is C13H23NO2. The molecule has 2 heterocycles. The van der Waals surface area contributed by atoms with Crippen molar-refractivity contribution in [1.82, 2.24) is 5.32 Å². The van der Waals surface area contributed by atoms with Crippen LogP contribution in [0.1, 0.15) is 51.4 Å². The molecule has 1 saturated carbocycles. The molecule has 0 amide bonds. The molecule has 16 heavy (non-hydrogen) atoms. The molecule has 0 radical (unpaired) electrons. The largest absolute Gasteiger partial charge is 0.389 e. The molecule has 2 saturated heterocycles. The molecule has 2 bridgehead atoms. The van der Waals surface area contributed by atoms with Crippen molar-refractivity contribution in [2.24, 2.45) is 0 Å². The summed E-state index contributed by atoms with van der Waals surface area (Å²) in [7, 11) is 0. The smallest absolute Gasteiger partial charge is 0.0771 e. The summed E-state index contributed by atoms with van der Waals surface area (Å²) in [4.78, 5) is 0. The number of aliphatic hydroxyl groups is 1. The number of nitrogens with one attached hydrogen (secondary N) is 1. The van der Waals surface area contributed by atoms with E-state index < -0.39 is 5.60 Å². The van der Waals surface area contributed by atoms with Crippen molar-refractivity contribution in [3.8, 4) is 0 Å². The molecule has 3 rings (SSSR count). The van der Waals surface area contributed by atoms with Gasteiger partial charge in [-0.3, -0.25) is 0 Å². The van der Waals surface area contributed by atoms with E-state index in [-0.39, 0.29) is 0 Å². The molecule has 92 valence electrons. The Bertz CT molecular complexity index is 250. The summed E-state index contributed by atoms with van der Waals surface area (Å²) in [5.41, 5.74) is -0.430. The van der Waals surface area contributed by atoms with E-state index in [1.54, 1.807) is 0 Å². The van der Waals surface area contributed by atoms with Gasteiger partial charge in [-0.2, -0.15) is 0 Å². The Hall–Kier alpha value is -0.120. The molecule has 2 N–H and O–H groups in total. The second kappa shape index (κ2) is 4.28. The second-order valence-electron chi connectivity index (χ2n) is 5.88. The summed E-state index contributed by atoms with van der Waals surface area (Å²) in [5, 5.41) is 13.9. The Morgan fingerprint density at radius 3 is 2.62 bits per heavy atom. The highest BCUT2D eigenvalue weighted by atomic mass is 16.5. The summed E-state index contributed by atoms with van der Waals surface area (Å²) < 4.78 is 5.81. The molecule has 3 fully saturated rings. The van der Waals surface area contributed by atoms with E-state index in [2.05, 4.69) is 5.32 Å². The van der Waals surface area contributed by atoms with Crippen LogP contribution in [0.3, 0.4) is 0 Å². The Labute approximate surface area is 97.6 Å². The van der Waals surface area contributed by atoms with Crippen molar-refractivity contribution in [3.05, 3.63) is 0 Å². The fourth-order valence-electron chi connectivity index (χ4n) is 3.56. The van der Waals surface area contributed by atoms with Gasteiger partial charge in [0.25, 0.3) is 0 Å². The van der Waals surface area contributed by atoms with Gasteiger partial charge in [-0.05, 0) is 32.1 Å². The van der Waals surface area contributed by atoms with Gasteiger partial charge in [0.15, 0.2) is 0 Å². The third kappa shape index (κ3) is 2.13. The van der Waals surface area contributed by atoms with Gasteiger partial charge in [0, 0.05) is 12.6 Å². The zero-order valence-corrected chi connectivity index (χ0v) is 9.95. The number of hydrogen-bond acceptors (Lipinski definition) is 3. The van der Waals surface area contributed by atoms with Gasteiger partial charge in [0.1, 0.15) is 0 Å². The van der Waals surface area contributed by atoms with E-state index in [0.29, 0.717) is 18.2 Å². The molecule has 2 aliphatic heterocycles. The Balaban J connectivity index is 1.49. The number of hydrogen-bond donors (Lipinski definition) is 2. The fourth-order valence-corrected chi connectivity index (χ4v) is 3.56. The highest BCUT2D eigenvalue weighted by Crippen LogP contribution is 2.35. The number of ether oxygens (including phenoxy) is 1. The maximum absolute atomic E-state index is 10.4. The van der Waals surface area contributed by atoms with Gasteiger partial charge in [0.2, 0.25) is 0 Å². The number of fused-ring (bicyclic) bond motifs is 2. The molecular weight excluding hydrogens is 202 g/mol. The highest BCUT2D eigenvalue weighted by molar-refractivity contribution is 4.96. The lowest BCUT2D eigenvalue weighted by atomic mass is 9.84. The van der Waals surface area contributed by atoms with E-state index in [0.717, 1.165) is 25.8 Å². The first-order valence-corrected chi connectivity index (χ1v) is 6.86. The summed E-state index contributed by atoms with van der Waals surface area (Å²) >= 11 is 0. The van der Waals surface area contributed by atoms with Crippen LogP contribution >= 0.6 is 0 Å². The third-order valence-electron chi connectivity index (χ3n) is 4.58. The second-order valence-corrected chi connectivity index (χ2v) is 5.88. The van der Waals surface area contributed by atoms with E-state index >= 15 is 0 Å². The van der Waals surface area contributed by atoms with Crippen molar-refractivity contribution < 1.29 is 9.84 Å². The lowest BCUT2D eigenvalue weighted by Gasteiger charge is -2.34. The van der Waals surface area contributed by atoms with E-state index in [1.165, 1.54) is 32.1 Å². The Kier molecular flexibility index (Phi) is 2.94. The average Bonchev–Trinajstić information content (AvgIpc) is 2.89. The van der Waals surface area contributed by atoms with Gasteiger partial charge in [-0.1, -0.05) is 19.3 Å². The number of rotatable bonds is 3. The van der Waals surface area contributed by atoms with Crippen molar-refractivity contribution in [1.29, 1.82) is 0 Å². The first kappa shape index (κ1) is 11.0. The first-order valence-electron chi connectivity index (χ1n) is 6.86. The quantitative estimate of drug-likeness (QED) is 0.766. The monoisotopic (exact) mass is 225 g/mol. The van der Waals surface area contributed by atoms with Gasteiger partial charge in [-0.25, -0.2) is 0 Å². The standard InChI is InChI=1S/C13H23NO2/c15-13(6-2-1-3-7-13)9-14-11-8-10-4-5-12(11)16-10/h10-12,14-15H,1-9H2. The summed E-state index contributed by atoms with van der Waals surface area (Å²) in [6, 6.07) is 0.504. The van der Waals surface area contributed by atoms with Crippen LogP contribution in [0.2, 0.25) is 0 Å². The minimum absolute atomic E-state index is 0.428. The van der Waals surface area contributed by atoms with Crippen molar-refractivity contribution in [3.63, 3.8) is 0 Å². The first-order chi connectivity index (χ1) is 7.75. The van der Waals surface area contributed by atoms with Crippen LogP contribution in [-0.4, -0.2) is 35.5 Å². The molecule has 0 spiro atoms. The summed E-state index contributed by atoms with van der Waals surface area (Å²) in [6.45, 7) is 0.768. The van der Waals surface area contributed by atoms with E-state index in [4.69, 9.17) is 4.74 Å². The maximum Gasteiger partial charge on any atom is 0.0771 e. The van der Waals surface area contributed by atoms with Crippen LogP contribution in [0.5, 0.6) is 0 Å². The van der Waals surface area contributed by atoms with Gasteiger partial charge < -0.3 is 15.2 Å². The predicted octanol–water partition coefficient (Wildman–Crippen LogP) is 1.59. The minimum atomic E-state index is -0.430. The third-order valence-corrected chi connectivity index (χ3v) is 4.58. The normalized spacial score (nSPS) is 41.4. The molecule has 1 aliphatic carbocycles. The fraction of sp³-hybridized carbons (Fsp3) is 1.00. The minimum Gasteiger partial charge on any atom is -0.389 e. The Morgan fingerprint density at radius 1 is 1.19 bits per heavy atom. The molecule has 3 heteroatoms. The molecule has 0 aromatic rings. The van der Waals surface area contributed by atoms with Gasteiger partial charge in [0.05, 0.1) is 17.8 Å². The van der Waals surface area contributed by atoms with Crippen LogP contribution in [0.4, 0.5) is 0 Å².